The van der Waals surface area contributed by atoms with E-state index in [-0.39, 0.29) is 18.2 Å². The van der Waals surface area contributed by atoms with Crippen molar-refractivity contribution in [3.05, 3.63) is 53.1 Å². The summed E-state index contributed by atoms with van der Waals surface area (Å²) >= 11 is 3.46. The molecule has 2 heterocycles. The second-order valence-corrected chi connectivity index (χ2v) is 6.84. The Morgan fingerprint density at radius 1 is 1.24 bits per heavy atom. The van der Waals surface area contributed by atoms with Crippen molar-refractivity contribution in [2.75, 3.05) is 16.8 Å². The number of aromatic nitrogens is 2. The minimum atomic E-state index is -0.391. The number of halogens is 1. The lowest BCUT2D eigenvalue weighted by Crippen LogP contribution is -2.28. The van der Waals surface area contributed by atoms with Crippen molar-refractivity contribution in [2.45, 2.75) is 6.42 Å². The van der Waals surface area contributed by atoms with E-state index in [4.69, 9.17) is 0 Å². The van der Waals surface area contributed by atoms with E-state index in [1.54, 1.807) is 11.1 Å². The second kappa shape index (κ2) is 6.33. The molecule has 126 valence electrons. The van der Waals surface area contributed by atoms with Crippen molar-refractivity contribution in [1.82, 2.24) is 10.2 Å². The molecule has 25 heavy (non-hydrogen) atoms. The lowest BCUT2D eigenvalue weighted by atomic mass is 10.1. The third-order valence-corrected chi connectivity index (χ3v) is 5.04. The molecule has 1 unspecified atom stereocenters. The minimum absolute atomic E-state index is 0.0493. The molecule has 0 bridgehead atoms. The molecule has 2 aromatic carbocycles. The van der Waals surface area contributed by atoms with Crippen LogP contribution in [-0.2, 0) is 9.59 Å². The topological polar surface area (TPSA) is 78.1 Å². The van der Waals surface area contributed by atoms with Crippen LogP contribution in [0.1, 0.15) is 6.42 Å². The van der Waals surface area contributed by atoms with Gasteiger partial charge in [-0.15, -0.1) is 0 Å². The van der Waals surface area contributed by atoms with Gasteiger partial charge < -0.3 is 10.2 Å². The van der Waals surface area contributed by atoms with Gasteiger partial charge in [0.2, 0.25) is 11.8 Å². The predicted molar refractivity (Wildman–Crippen MR) is 99.3 cm³/mol. The van der Waals surface area contributed by atoms with Crippen molar-refractivity contribution < 1.29 is 9.59 Å². The van der Waals surface area contributed by atoms with E-state index in [1.807, 2.05) is 42.5 Å². The third-order valence-electron chi connectivity index (χ3n) is 4.37. The van der Waals surface area contributed by atoms with Crippen molar-refractivity contribution in [1.29, 1.82) is 0 Å². The first-order valence-corrected chi connectivity index (χ1v) is 8.70. The van der Waals surface area contributed by atoms with Crippen molar-refractivity contribution in [3.8, 4) is 0 Å². The lowest BCUT2D eigenvalue weighted by molar-refractivity contribution is -0.122. The number of carbonyl (C=O) groups excluding carboxylic acids is 2. The first kappa shape index (κ1) is 15.8. The van der Waals surface area contributed by atoms with Crippen LogP contribution < -0.4 is 10.2 Å². The number of aromatic amines is 1. The van der Waals surface area contributed by atoms with Gasteiger partial charge in [0.25, 0.3) is 0 Å². The lowest BCUT2D eigenvalue weighted by Gasteiger charge is -2.18. The summed E-state index contributed by atoms with van der Waals surface area (Å²) in [6, 6.07) is 13.1. The molecule has 0 spiro atoms. The Kier molecular flexibility index (Phi) is 4.01. The summed E-state index contributed by atoms with van der Waals surface area (Å²) in [7, 11) is 0. The molecule has 4 rings (SSSR count). The van der Waals surface area contributed by atoms with Crippen molar-refractivity contribution >= 4 is 50.0 Å². The fourth-order valence-corrected chi connectivity index (χ4v) is 3.59. The molecule has 2 amide bonds. The molecule has 3 aromatic rings. The Morgan fingerprint density at radius 3 is 2.92 bits per heavy atom. The van der Waals surface area contributed by atoms with E-state index in [9.17, 15) is 9.59 Å². The van der Waals surface area contributed by atoms with Crippen LogP contribution in [0.2, 0.25) is 0 Å². The first-order chi connectivity index (χ1) is 12.1. The van der Waals surface area contributed by atoms with Gasteiger partial charge in [0, 0.05) is 22.8 Å². The van der Waals surface area contributed by atoms with Crippen LogP contribution in [0.25, 0.3) is 10.9 Å². The van der Waals surface area contributed by atoms with Crippen LogP contribution in [0, 0.1) is 5.92 Å². The van der Waals surface area contributed by atoms with Gasteiger partial charge in [-0.05, 0) is 34.1 Å². The highest BCUT2D eigenvalue weighted by molar-refractivity contribution is 9.10. The molecule has 1 fully saturated rings. The van der Waals surface area contributed by atoms with Crippen LogP contribution in [-0.4, -0.2) is 28.6 Å². The smallest absolute Gasteiger partial charge is 0.229 e. The molecule has 6 nitrogen and oxygen atoms in total. The molecule has 0 saturated carbocycles. The van der Waals surface area contributed by atoms with Crippen LogP contribution in [0.5, 0.6) is 0 Å². The largest absolute Gasteiger partial charge is 0.324 e. The highest BCUT2D eigenvalue weighted by Crippen LogP contribution is 2.32. The number of nitrogens with one attached hydrogen (secondary N) is 2. The van der Waals surface area contributed by atoms with Gasteiger partial charge >= 0.3 is 0 Å². The van der Waals surface area contributed by atoms with E-state index in [0.717, 1.165) is 21.1 Å². The third kappa shape index (κ3) is 2.91. The zero-order valence-corrected chi connectivity index (χ0v) is 14.8. The SMILES string of the molecule is O=C(Nc1cccc2cn[nH]c12)C1CC(=O)N(c2ccccc2Br)C1. The fraction of sp³-hybridized carbons (Fsp3) is 0.167. The second-order valence-electron chi connectivity index (χ2n) is 5.99. The molecule has 1 atom stereocenters. The first-order valence-electron chi connectivity index (χ1n) is 7.91. The number of rotatable bonds is 3. The molecular formula is C18H15BrN4O2. The summed E-state index contributed by atoms with van der Waals surface area (Å²) in [5, 5.41) is 10.7. The van der Waals surface area contributed by atoms with Crippen molar-refractivity contribution in [3.63, 3.8) is 0 Å². The van der Waals surface area contributed by atoms with Gasteiger partial charge in [0.1, 0.15) is 0 Å². The Labute approximate surface area is 152 Å². The molecule has 2 N–H and O–H groups in total. The van der Waals surface area contributed by atoms with Gasteiger partial charge in [-0.3, -0.25) is 14.7 Å². The predicted octanol–water partition coefficient (Wildman–Crippen LogP) is 3.32. The maximum atomic E-state index is 12.7. The Hall–Kier alpha value is -2.67. The normalized spacial score (nSPS) is 17.2. The zero-order valence-electron chi connectivity index (χ0n) is 13.2. The summed E-state index contributed by atoms with van der Waals surface area (Å²) in [6.07, 6.45) is 1.91. The van der Waals surface area contributed by atoms with Gasteiger partial charge in [0.15, 0.2) is 0 Å². The summed E-state index contributed by atoms with van der Waals surface area (Å²) in [6.45, 7) is 0.367. The maximum absolute atomic E-state index is 12.7. The van der Waals surface area contributed by atoms with E-state index < -0.39 is 5.92 Å². The van der Waals surface area contributed by atoms with Gasteiger partial charge in [0.05, 0.1) is 29.0 Å². The van der Waals surface area contributed by atoms with Crippen LogP contribution in [0.3, 0.4) is 0 Å². The van der Waals surface area contributed by atoms with Crippen LogP contribution in [0.4, 0.5) is 11.4 Å². The Morgan fingerprint density at radius 2 is 2.08 bits per heavy atom. The summed E-state index contributed by atoms with van der Waals surface area (Å²) in [5.41, 5.74) is 2.24. The van der Waals surface area contributed by atoms with Gasteiger partial charge in [-0.2, -0.15) is 5.10 Å². The Bertz CT molecular complexity index is 968. The number of anilines is 2. The molecule has 1 aliphatic rings. The molecule has 1 saturated heterocycles. The molecule has 0 aliphatic carbocycles. The number of carbonyl (C=O) groups is 2. The highest BCUT2D eigenvalue weighted by Gasteiger charge is 2.35. The van der Waals surface area contributed by atoms with E-state index in [1.165, 1.54) is 0 Å². The number of amides is 2. The number of hydrogen-bond acceptors (Lipinski definition) is 3. The average molecular weight is 399 g/mol. The summed E-state index contributed by atoms with van der Waals surface area (Å²) in [5.74, 6) is -0.602. The number of nitrogens with zero attached hydrogens (tertiary/aromatic N) is 2. The monoisotopic (exact) mass is 398 g/mol. The highest BCUT2D eigenvalue weighted by atomic mass is 79.9. The van der Waals surface area contributed by atoms with Gasteiger partial charge in [-0.1, -0.05) is 24.3 Å². The summed E-state index contributed by atoms with van der Waals surface area (Å²) in [4.78, 5) is 26.7. The Balaban J connectivity index is 1.53. The molecule has 7 heteroatoms. The number of benzene rings is 2. The quantitative estimate of drug-likeness (QED) is 0.710. The summed E-state index contributed by atoms with van der Waals surface area (Å²) < 4.78 is 0.839. The number of fused-ring (bicyclic) bond motifs is 1. The number of H-pyrrole nitrogens is 1. The molecule has 1 aromatic heterocycles. The van der Waals surface area contributed by atoms with Gasteiger partial charge in [-0.25, -0.2) is 0 Å². The molecule has 1 aliphatic heterocycles. The van der Waals surface area contributed by atoms with Crippen molar-refractivity contribution in [2.24, 2.45) is 5.92 Å². The standard InChI is InChI=1S/C18H15BrN4O2/c19-13-5-1-2-7-15(13)23-10-12(8-16(23)24)18(25)21-14-6-3-4-11-9-20-22-17(11)14/h1-7,9,12H,8,10H2,(H,20,22)(H,21,25). The fourth-order valence-electron chi connectivity index (χ4n) is 3.09. The number of para-hydroxylation sites is 2. The van der Waals surface area contributed by atoms with E-state index in [2.05, 4.69) is 31.4 Å². The van der Waals surface area contributed by atoms with E-state index >= 15 is 0 Å². The van der Waals surface area contributed by atoms with Crippen LogP contribution in [0.15, 0.2) is 53.1 Å². The zero-order chi connectivity index (χ0) is 17.4. The minimum Gasteiger partial charge on any atom is -0.324 e. The molecule has 0 radical (unpaired) electrons. The molecular weight excluding hydrogens is 384 g/mol. The van der Waals surface area contributed by atoms with E-state index in [0.29, 0.717) is 12.2 Å². The number of hydrogen-bond donors (Lipinski definition) is 2. The maximum Gasteiger partial charge on any atom is 0.229 e. The average Bonchev–Trinajstić information content (AvgIpc) is 3.22. The van der Waals surface area contributed by atoms with Crippen LogP contribution >= 0.6 is 15.9 Å².